The van der Waals surface area contributed by atoms with Crippen molar-refractivity contribution in [1.82, 2.24) is 4.90 Å². The van der Waals surface area contributed by atoms with Crippen molar-refractivity contribution in [3.05, 3.63) is 76.7 Å². The molecule has 0 bridgehead atoms. The van der Waals surface area contributed by atoms with Gasteiger partial charge in [-0.1, -0.05) is 24.8 Å². The maximum absolute atomic E-state index is 12.9. The van der Waals surface area contributed by atoms with Crippen molar-refractivity contribution in [2.24, 2.45) is 5.73 Å². The molecular formula is C22H25N3O4S. The summed E-state index contributed by atoms with van der Waals surface area (Å²) in [7, 11) is -3.65. The van der Waals surface area contributed by atoms with E-state index in [1.165, 1.54) is 0 Å². The highest BCUT2D eigenvalue weighted by molar-refractivity contribution is 7.95. The number of benzene rings is 2. The Morgan fingerprint density at radius 2 is 1.70 bits per heavy atom. The molecule has 0 radical (unpaired) electrons. The van der Waals surface area contributed by atoms with Gasteiger partial charge < -0.3 is 10.6 Å². The molecule has 1 aliphatic rings. The van der Waals surface area contributed by atoms with E-state index in [0.717, 1.165) is 29.4 Å². The summed E-state index contributed by atoms with van der Waals surface area (Å²) in [5.74, 6) is -0.268. The summed E-state index contributed by atoms with van der Waals surface area (Å²) in [6.07, 6.45) is 1.62. The van der Waals surface area contributed by atoms with E-state index in [0.29, 0.717) is 35.8 Å². The van der Waals surface area contributed by atoms with Crippen LogP contribution in [0.2, 0.25) is 0 Å². The fourth-order valence-corrected chi connectivity index (χ4v) is 4.19. The molecule has 8 heteroatoms. The first-order valence-electron chi connectivity index (χ1n) is 9.65. The van der Waals surface area contributed by atoms with Gasteiger partial charge in [0, 0.05) is 29.6 Å². The number of nitrogens with one attached hydrogen (secondary N) is 1. The SMILES string of the molecule is C=CS(=O)(=O)Nc1cc(C(=O)N2CCC(c3ccc(C(N)=O)cc3)CC2)ccc1C. The van der Waals surface area contributed by atoms with E-state index in [-0.39, 0.29) is 5.91 Å². The third-order valence-electron chi connectivity index (χ3n) is 5.40. The van der Waals surface area contributed by atoms with Gasteiger partial charge in [0.2, 0.25) is 5.91 Å². The van der Waals surface area contributed by atoms with E-state index in [2.05, 4.69) is 11.3 Å². The second kappa shape index (κ2) is 8.71. The molecule has 0 spiro atoms. The highest BCUT2D eigenvalue weighted by Crippen LogP contribution is 2.29. The Balaban J connectivity index is 1.68. The van der Waals surface area contributed by atoms with Crippen molar-refractivity contribution in [3.8, 4) is 0 Å². The van der Waals surface area contributed by atoms with Crippen molar-refractivity contribution in [2.75, 3.05) is 17.8 Å². The topological polar surface area (TPSA) is 110 Å². The Bertz CT molecular complexity index is 1070. The number of likely N-dealkylation sites (tertiary alicyclic amines) is 1. The zero-order chi connectivity index (χ0) is 21.9. The molecule has 1 saturated heterocycles. The van der Waals surface area contributed by atoms with Crippen LogP contribution in [0.25, 0.3) is 0 Å². The van der Waals surface area contributed by atoms with Gasteiger partial charge in [0.15, 0.2) is 0 Å². The van der Waals surface area contributed by atoms with Crippen LogP contribution in [0, 0.1) is 6.92 Å². The van der Waals surface area contributed by atoms with Gasteiger partial charge in [-0.2, -0.15) is 0 Å². The van der Waals surface area contributed by atoms with Crippen LogP contribution in [-0.4, -0.2) is 38.2 Å². The molecule has 30 heavy (non-hydrogen) atoms. The average Bonchev–Trinajstić information content (AvgIpc) is 2.75. The van der Waals surface area contributed by atoms with Crippen molar-refractivity contribution in [2.45, 2.75) is 25.7 Å². The lowest BCUT2D eigenvalue weighted by molar-refractivity contribution is 0.0712. The van der Waals surface area contributed by atoms with Gasteiger partial charge in [0.05, 0.1) is 5.69 Å². The predicted octanol–water partition coefficient (Wildman–Crippen LogP) is 3.00. The molecule has 1 aliphatic heterocycles. The van der Waals surface area contributed by atoms with Crippen molar-refractivity contribution >= 4 is 27.5 Å². The van der Waals surface area contributed by atoms with Gasteiger partial charge in [-0.25, -0.2) is 8.42 Å². The van der Waals surface area contributed by atoms with Gasteiger partial charge in [0.25, 0.3) is 15.9 Å². The predicted molar refractivity (Wildman–Crippen MR) is 117 cm³/mol. The first kappa shape index (κ1) is 21.6. The maximum Gasteiger partial charge on any atom is 0.254 e. The molecule has 3 rings (SSSR count). The fourth-order valence-electron chi connectivity index (χ4n) is 3.58. The molecule has 0 unspecified atom stereocenters. The number of aryl methyl sites for hydroxylation is 1. The number of amides is 2. The molecule has 0 aromatic heterocycles. The fraction of sp³-hybridized carbons (Fsp3) is 0.273. The highest BCUT2D eigenvalue weighted by Gasteiger charge is 2.25. The third-order valence-corrected chi connectivity index (χ3v) is 6.35. The number of nitrogens with two attached hydrogens (primary N) is 1. The Hall–Kier alpha value is -3.13. The van der Waals surface area contributed by atoms with E-state index in [1.807, 2.05) is 12.1 Å². The number of primary amides is 1. The minimum absolute atomic E-state index is 0.128. The normalized spacial score (nSPS) is 14.9. The molecule has 1 fully saturated rings. The van der Waals surface area contributed by atoms with Crippen LogP contribution in [0.5, 0.6) is 0 Å². The smallest absolute Gasteiger partial charge is 0.254 e. The first-order chi connectivity index (χ1) is 14.2. The molecule has 0 aliphatic carbocycles. The summed E-state index contributed by atoms with van der Waals surface area (Å²) in [6.45, 7) is 6.25. The minimum atomic E-state index is -3.65. The molecule has 158 valence electrons. The highest BCUT2D eigenvalue weighted by atomic mass is 32.2. The van der Waals surface area contributed by atoms with Crippen LogP contribution in [0.1, 0.15) is 50.6 Å². The van der Waals surface area contributed by atoms with E-state index < -0.39 is 15.9 Å². The molecule has 3 N–H and O–H groups in total. The Morgan fingerprint density at radius 1 is 1.10 bits per heavy atom. The van der Waals surface area contributed by atoms with E-state index in [9.17, 15) is 18.0 Å². The number of nitrogens with zero attached hydrogens (tertiary/aromatic N) is 1. The van der Waals surface area contributed by atoms with Crippen LogP contribution in [0.4, 0.5) is 5.69 Å². The van der Waals surface area contributed by atoms with Crippen molar-refractivity contribution in [3.63, 3.8) is 0 Å². The Kier molecular flexibility index (Phi) is 6.26. The van der Waals surface area contributed by atoms with Crippen molar-refractivity contribution < 1.29 is 18.0 Å². The van der Waals surface area contributed by atoms with Crippen molar-refractivity contribution in [1.29, 1.82) is 0 Å². The third kappa shape index (κ3) is 4.88. The first-order valence-corrected chi connectivity index (χ1v) is 11.2. The van der Waals surface area contributed by atoms with Crippen LogP contribution in [0.3, 0.4) is 0 Å². The summed E-state index contributed by atoms with van der Waals surface area (Å²) < 4.78 is 26.0. The second-order valence-corrected chi connectivity index (χ2v) is 9.02. The van der Waals surface area contributed by atoms with Crippen LogP contribution >= 0.6 is 0 Å². The van der Waals surface area contributed by atoms with Gasteiger partial charge in [-0.15, -0.1) is 0 Å². The molecule has 2 aromatic carbocycles. The number of anilines is 1. The molecule has 0 atom stereocenters. The monoisotopic (exact) mass is 427 g/mol. The van der Waals surface area contributed by atoms with Gasteiger partial charge >= 0.3 is 0 Å². The molecule has 2 aromatic rings. The Labute approximate surface area is 176 Å². The van der Waals surface area contributed by atoms with Crippen LogP contribution < -0.4 is 10.5 Å². The summed E-state index contributed by atoms with van der Waals surface area (Å²) >= 11 is 0. The number of piperidine rings is 1. The van der Waals surface area contributed by atoms with Gasteiger partial charge in [-0.05, 0) is 61.1 Å². The lowest BCUT2D eigenvalue weighted by Gasteiger charge is -2.32. The van der Waals surface area contributed by atoms with E-state index >= 15 is 0 Å². The standard InChI is InChI=1S/C22H25N3O4S/c1-3-30(28,29)24-20-14-19(5-4-15(20)2)22(27)25-12-10-17(11-13-25)16-6-8-18(9-7-16)21(23)26/h3-9,14,17,24H,1,10-13H2,2H3,(H2,23,26). The zero-order valence-electron chi connectivity index (χ0n) is 16.8. The van der Waals surface area contributed by atoms with Crippen LogP contribution in [-0.2, 0) is 10.0 Å². The second-order valence-electron chi connectivity index (χ2n) is 7.40. The molecular weight excluding hydrogens is 402 g/mol. The maximum atomic E-state index is 12.9. The van der Waals surface area contributed by atoms with Crippen LogP contribution in [0.15, 0.2) is 54.5 Å². The molecule has 7 nitrogen and oxygen atoms in total. The number of hydrogen-bond donors (Lipinski definition) is 2. The van der Waals surface area contributed by atoms with Gasteiger partial charge in [0.1, 0.15) is 0 Å². The van der Waals surface area contributed by atoms with E-state index in [4.69, 9.17) is 5.73 Å². The van der Waals surface area contributed by atoms with E-state index in [1.54, 1.807) is 42.2 Å². The minimum Gasteiger partial charge on any atom is -0.366 e. The summed E-state index contributed by atoms with van der Waals surface area (Å²) in [5, 5.41) is 0.835. The zero-order valence-corrected chi connectivity index (χ0v) is 17.6. The largest absolute Gasteiger partial charge is 0.366 e. The quantitative estimate of drug-likeness (QED) is 0.738. The number of carbonyl (C=O) groups is 2. The lowest BCUT2D eigenvalue weighted by atomic mass is 9.88. The number of rotatable bonds is 6. The number of sulfonamides is 1. The molecule has 1 heterocycles. The summed E-state index contributed by atoms with van der Waals surface area (Å²) in [5.41, 5.74) is 8.41. The molecule has 2 amide bonds. The summed E-state index contributed by atoms with van der Waals surface area (Å²) in [4.78, 5) is 25.9. The number of hydrogen-bond acceptors (Lipinski definition) is 4. The molecule has 0 saturated carbocycles. The Morgan fingerprint density at radius 3 is 2.27 bits per heavy atom. The average molecular weight is 428 g/mol. The lowest BCUT2D eigenvalue weighted by Crippen LogP contribution is -2.38. The number of carbonyl (C=O) groups excluding carboxylic acids is 2. The van der Waals surface area contributed by atoms with Gasteiger partial charge in [-0.3, -0.25) is 14.3 Å². The summed E-state index contributed by atoms with van der Waals surface area (Å²) in [6, 6.07) is 12.3.